The molecule has 0 spiro atoms. The van der Waals surface area contributed by atoms with Crippen molar-refractivity contribution in [2.45, 2.75) is 57.9 Å². The van der Waals surface area contributed by atoms with E-state index < -0.39 is 0 Å². The first kappa shape index (κ1) is 19.2. The lowest BCUT2D eigenvalue weighted by Crippen LogP contribution is -2.47. The topological polar surface area (TPSA) is 21.3 Å². The maximum atomic E-state index is 5.52. The molecule has 0 aromatic heterocycles. The van der Waals surface area contributed by atoms with Crippen molar-refractivity contribution < 1.29 is 4.74 Å². The molecular formula is C27H35NO. The van der Waals surface area contributed by atoms with Crippen molar-refractivity contribution in [3.63, 3.8) is 0 Å². The second kappa shape index (κ2) is 7.80. The summed E-state index contributed by atoms with van der Waals surface area (Å²) in [7, 11) is 1.74. The SMILES string of the molecule is COc1ccccc1-c1ccc(C(C)NCCC23CC4CC(CC(C4)C2)C3)cc1. The first-order valence-electron chi connectivity index (χ1n) is 11.6. The third-order valence-corrected chi connectivity index (χ3v) is 8.10. The molecule has 0 aliphatic heterocycles. The minimum Gasteiger partial charge on any atom is -0.496 e. The highest BCUT2D eigenvalue weighted by Gasteiger charge is 2.50. The molecular weight excluding hydrogens is 354 g/mol. The van der Waals surface area contributed by atoms with Crippen molar-refractivity contribution in [2.24, 2.45) is 23.2 Å². The lowest BCUT2D eigenvalue weighted by atomic mass is 9.49. The number of methoxy groups -OCH3 is 1. The molecule has 1 N–H and O–H groups in total. The summed E-state index contributed by atoms with van der Waals surface area (Å²) < 4.78 is 5.52. The van der Waals surface area contributed by atoms with Gasteiger partial charge in [0.15, 0.2) is 0 Å². The molecule has 4 aliphatic carbocycles. The summed E-state index contributed by atoms with van der Waals surface area (Å²) in [6, 6.07) is 17.6. The van der Waals surface area contributed by atoms with Gasteiger partial charge in [0, 0.05) is 11.6 Å². The van der Waals surface area contributed by atoms with Crippen LogP contribution in [0.3, 0.4) is 0 Å². The molecule has 2 heteroatoms. The third kappa shape index (κ3) is 3.84. The second-order valence-electron chi connectivity index (χ2n) is 10.2. The van der Waals surface area contributed by atoms with Crippen molar-refractivity contribution in [2.75, 3.05) is 13.7 Å². The van der Waals surface area contributed by atoms with E-state index in [4.69, 9.17) is 4.74 Å². The average Bonchev–Trinajstić information content (AvgIpc) is 2.72. The number of rotatable bonds is 7. The summed E-state index contributed by atoms with van der Waals surface area (Å²) in [5.74, 6) is 4.10. The van der Waals surface area contributed by atoms with E-state index in [-0.39, 0.29) is 0 Å². The first-order chi connectivity index (χ1) is 14.1. The van der Waals surface area contributed by atoms with Crippen LogP contribution in [0.4, 0.5) is 0 Å². The lowest BCUT2D eigenvalue weighted by Gasteiger charge is -2.57. The molecule has 29 heavy (non-hydrogen) atoms. The molecule has 4 saturated carbocycles. The predicted molar refractivity (Wildman–Crippen MR) is 120 cm³/mol. The number of ether oxygens (including phenoxy) is 1. The fourth-order valence-electron chi connectivity index (χ4n) is 7.10. The average molecular weight is 390 g/mol. The minimum absolute atomic E-state index is 0.399. The molecule has 6 rings (SSSR count). The van der Waals surface area contributed by atoms with Gasteiger partial charge < -0.3 is 10.1 Å². The van der Waals surface area contributed by atoms with Gasteiger partial charge in [-0.2, -0.15) is 0 Å². The van der Waals surface area contributed by atoms with Gasteiger partial charge in [0.05, 0.1) is 7.11 Å². The minimum atomic E-state index is 0.399. The smallest absolute Gasteiger partial charge is 0.126 e. The lowest BCUT2D eigenvalue weighted by molar-refractivity contribution is -0.0569. The molecule has 4 aliphatic rings. The van der Waals surface area contributed by atoms with Crippen molar-refractivity contribution in [1.29, 1.82) is 0 Å². The Labute approximate surface area is 176 Å². The van der Waals surface area contributed by atoms with Crippen molar-refractivity contribution in [3.8, 4) is 16.9 Å². The van der Waals surface area contributed by atoms with Crippen LogP contribution in [0.15, 0.2) is 48.5 Å². The van der Waals surface area contributed by atoms with Gasteiger partial charge >= 0.3 is 0 Å². The summed E-state index contributed by atoms with van der Waals surface area (Å²) in [6.45, 7) is 3.46. The molecule has 2 aromatic carbocycles. The molecule has 4 fully saturated rings. The Morgan fingerprint density at radius 1 is 0.931 bits per heavy atom. The Balaban J connectivity index is 1.19. The van der Waals surface area contributed by atoms with Gasteiger partial charge in [0.1, 0.15) is 5.75 Å². The van der Waals surface area contributed by atoms with Crippen LogP contribution in [-0.4, -0.2) is 13.7 Å². The Bertz CT molecular complexity index is 805. The number of hydrogen-bond donors (Lipinski definition) is 1. The number of hydrogen-bond acceptors (Lipinski definition) is 2. The van der Waals surface area contributed by atoms with Crippen LogP contribution in [0.1, 0.15) is 63.5 Å². The third-order valence-electron chi connectivity index (χ3n) is 8.10. The van der Waals surface area contributed by atoms with Crippen molar-refractivity contribution >= 4 is 0 Å². The van der Waals surface area contributed by atoms with Gasteiger partial charge in [-0.1, -0.05) is 42.5 Å². The molecule has 0 radical (unpaired) electrons. The number of nitrogens with one attached hydrogen (secondary N) is 1. The van der Waals surface area contributed by atoms with Crippen LogP contribution in [-0.2, 0) is 0 Å². The van der Waals surface area contributed by atoms with Gasteiger partial charge in [0.25, 0.3) is 0 Å². The Morgan fingerprint density at radius 2 is 1.55 bits per heavy atom. The molecule has 0 heterocycles. The summed E-state index contributed by atoms with van der Waals surface area (Å²) in [4.78, 5) is 0. The standard InChI is InChI=1S/C27H35NO/c1-19(23-7-9-24(10-8-23)25-5-3-4-6-26(25)29-2)28-12-11-27-16-20-13-21(17-27)15-22(14-20)18-27/h3-10,19-22,28H,11-18H2,1-2H3. The Hall–Kier alpha value is -1.80. The van der Waals surface area contributed by atoms with E-state index >= 15 is 0 Å². The number of para-hydroxylation sites is 1. The highest BCUT2D eigenvalue weighted by atomic mass is 16.5. The van der Waals surface area contributed by atoms with E-state index in [0.717, 1.165) is 35.6 Å². The van der Waals surface area contributed by atoms with E-state index in [1.807, 2.05) is 12.1 Å². The highest BCUT2D eigenvalue weighted by Crippen LogP contribution is 2.61. The number of benzene rings is 2. The van der Waals surface area contributed by atoms with E-state index in [0.29, 0.717) is 11.5 Å². The molecule has 2 aromatic rings. The predicted octanol–water partition coefficient (Wildman–Crippen LogP) is 6.62. The summed E-state index contributed by atoms with van der Waals surface area (Å²) in [5.41, 5.74) is 4.42. The van der Waals surface area contributed by atoms with Crippen LogP contribution in [0.5, 0.6) is 5.75 Å². The largest absolute Gasteiger partial charge is 0.496 e. The summed E-state index contributed by atoms with van der Waals surface area (Å²) >= 11 is 0. The van der Waals surface area contributed by atoms with Gasteiger partial charge in [0.2, 0.25) is 0 Å². The van der Waals surface area contributed by atoms with Gasteiger partial charge in [-0.05, 0) is 98.8 Å². The zero-order valence-corrected chi connectivity index (χ0v) is 18.0. The fourth-order valence-corrected chi connectivity index (χ4v) is 7.10. The molecule has 1 unspecified atom stereocenters. The quantitative estimate of drug-likeness (QED) is 0.574. The highest BCUT2D eigenvalue weighted by molar-refractivity contribution is 5.70. The maximum absolute atomic E-state index is 5.52. The molecule has 0 saturated heterocycles. The molecule has 2 nitrogen and oxygen atoms in total. The van der Waals surface area contributed by atoms with E-state index in [9.17, 15) is 0 Å². The van der Waals surface area contributed by atoms with Crippen LogP contribution < -0.4 is 10.1 Å². The van der Waals surface area contributed by atoms with E-state index in [1.54, 1.807) is 26.4 Å². The van der Waals surface area contributed by atoms with Crippen LogP contribution in [0.2, 0.25) is 0 Å². The molecule has 154 valence electrons. The zero-order chi connectivity index (χ0) is 19.8. The molecule has 4 bridgehead atoms. The molecule has 0 amide bonds. The monoisotopic (exact) mass is 389 g/mol. The summed E-state index contributed by atoms with van der Waals surface area (Å²) in [5, 5.41) is 3.83. The van der Waals surface area contributed by atoms with E-state index in [1.165, 1.54) is 36.8 Å². The normalized spacial score (nSPS) is 31.0. The van der Waals surface area contributed by atoms with Crippen LogP contribution in [0.25, 0.3) is 11.1 Å². The van der Waals surface area contributed by atoms with E-state index in [2.05, 4.69) is 48.6 Å². The van der Waals surface area contributed by atoms with Crippen molar-refractivity contribution in [1.82, 2.24) is 5.32 Å². The van der Waals surface area contributed by atoms with Gasteiger partial charge in [-0.25, -0.2) is 0 Å². The molecule has 1 atom stereocenters. The maximum Gasteiger partial charge on any atom is 0.126 e. The Morgan fingerprint density at radius 3 is 2.17 bits per heavy atom. The summed E-state index contributed by atoms with van der Waals surface area (Å²) in [6.07, 6.45) is 10.6. The van der Waals surface area contributed by atoms with Gasteiger partial charge in [-0.3, -0.25) is 0 Å². The Kier molecular flexibility index (Phi) is 5.16. The van der Waals surface area contributed by atoms with Crippen LogP contribution in [0, 0.1) is 23.2 Å². The zero-order valence-electron chi connectivity index (χ0n) is 18.0. The van der Waals surface area contributed by atoms with Crippen LogP contribution >= 0.6 is 0 Å². The second-order valence-corrected chi connectivity index (χ2v) is 10.2. The van der Waals surface area contributed by atoms with Crippen molar-refractivity contribution in [3.05, 3.63) is 54.1 Å². The van der Waals surface area contributed by atoms with Gasteiger partial charge in [-0.15, -0.1) is 0 Å². The fraction of sp³-hybridized carbons (Fsp3) is 0.556. The first-order valence-corrected chi connectivity index (χ1v) is 11.6.